The molecule has 2 aromatic heterocycles. The Morgan fingerprint density at radius 3 is 2.79 bits per heavy atom. The van der Waals surface area contributed by atoms with Crippen LogP contribution in [0, 0.1) is 10.1 Å². The number of nitro groups is 1. The van der Waals surface area contributed by atoms with E-state index in [0.717, 1.165) is 11.3 Å². The Morgan fingerprint density at radius 1 is 1.18 bits per heavy atom. The molecule has 0 radical (unpaired) electrons. The smallest absolute Gasteiger partial charge is 0.293 e. The van der Waals surface area contributed by atoms with Crippen molar-refractivity contribution in [2.24, 2.45) is 0 Å². The Bertz CT molecular complexity index is 1230. The van der Waals surface area contributed by atoms with Gasteiger partial charge in [-0.25, -0.2) is 4.98 Å². The fourth-order valence-corrected chi connectivity index (χ4v) is 3.83. The number of anilines is 1. The van der Waals surface area contributed by atoms with Gasteiger partial charge >= 0.3 is 0 Å². The number of furan rings is 1. The van der Waals surface area contributed by atoms with Gasteiger partial charge in [0.1, 0.15) is 5.76 Å². The fraction of sp³-hybridized carbons (Fsp3) is 0. The number of nitrogens with one attached hydrogen (secondary N) is 1. The van der Waals surface area contributed by atoms with Gasteiger partial charge in [-0.05, 0) is 30.3 Å². The van der Waals surface area contributed by atoms with Gasteiger partial charge in [-0.1, -0.05) is 40.6 Å². The van der Waals surface area contributed by atoms with Crippen molar-refractivity contribution in [3.05, 3.63) is 74.5 Å². The van der Waals surface area contributed by atoms with Gasteiger partial charge in [0.2, 0.25) is 0 Å². The van der Waals surface area contributed by atoms with Gasteiger partial charge in [0.15, 0.2) is 10.9 Å². The van der Waals surface area contributed by atoms with Crippen molar-refractivity contribution in [1.29, 1.82) is 0 Å². The van der Waals surface area contributed by atoms with Crippen molar-refractivity contribution in [3.8, 4) is 11.3 Å². The predicted molar refractivity (Wildman–Crippen MR) is 108 cm³/mol. The predicted octanol–water partition coefficient (Wildman–Crippen LogP) is 6.02. The minimum atomic E-state index is -0.502. The van der Waals surface area contributed by atoms with Crippen LogP contribution in [0.3, 0.4) is 0 Å². The van der Waals surface area contributed by atoms with Gasteiger partial charge in [-0.2, -0.15) is 0 Å². The molecule has 1 N–H and O–H groups in total. The van der Waals surface area contributed by atoms with E-state index in [4.69, 9.17) is 27.6 Å². The zero-order valence-corrected chi connectivity index (χ0v) is 16.1. The number of halogens is 2. The van der Waals surface area contributed by atoms with Crippen LogP contribution in [0.2, 0.25) is 10.0 Å². The van der Waals surface area contributed by atoms with Gasteiger partial charge in [-0.15, -0.1) is 0 Å². The second-order valence-electron chi connectivity index (χ2n) is 5.65. The highest BCUT2D eigenvalue weighted by Crippen LogP contribution is 2.35. The second-order valence-corrected chi connectivity index (χ2v) is 7.46. The van der Waals surface area contributed by atoms with E-state index >= 15 is 0 Å². The zero-order chi connectivity index (χ0) is 19.8. The topological polar surface area (TPSA) is 98.3 Å². The molecule has 4 rings (SSSR count). The van der Waals surface area contributed by atoms with Gasteiger partial charge in [0.25, 0.3) is 11.6 Å². The van der Waals surface area contributed by atoms with E-state index in [0.29, 0.717) is 36.7 Å². The Balaban J connectivity index is 1.57. The summed E-state index contributed by atoms with van der Waals surface area (Å²) in [6, 6.07) is 12.6. The summed E-state index contributed by atoms with van der Waals surface area (Å²) in [4.78, 5) is 27.1. The quantitative estimate of drug-likeness (QED) is 0.313. The molecule has 0 fully saturated rings. The van der Waals surface area contributed by atoms with Crippen molar-refractivity contribution >= 4 is 61.5 Å². The summed E-state index contributed by atoms with van der Waals surface area (Å²) in [5.41, 5.74) is 1.08. The lowest BCUT2D eigenvalue weighted by Crippen LogP contribution is -2.10. The number of nitrogens with zero attached hydrogens (tertiary/aromatic N) is 2. The number of hydrogen-bond acceptors (Lipinski definition) is 6. The molecule has 0 bridgehead atoms. The minimum absolute atomic E-state index is 0.0388. The summed E-state index contributed by atoms with van der Waals surface area (Å²) in [6.45, 7) is 0. The van der Waals surface area contributed by atoms with Crippen molar-refractivity contribution in [2.45, 2.75) is 0 Å². The van der Waals surface area contributed by atoms with Crippen LogP contribution in [0.1, 0.15) is 10.6 Å². The number of hydrogen-bond donors (Lipinski definition) is 1. The Morgan fingerprint density at radius 2 is 2.00 bits per heavy atom. The molecule has 1 amide bonds. The van der Waals surface area contributed by atoms with E-state index in [1.54, 1.807) is 24.3 Å². The van der Waals surface area contributed by atoms with Crippen LogP contribution in [-0.2, 0) is 0 Å². The minimum Gasteiger partial charge on any atom is -0.451 e. The van der Waals surface area contributed by atoms with E-state index < -0.39 is 10.8 Å². The molecule has 0 saturated carbocycles. The highest BCUT2D eigenvalue weighted by Gasteiger charge is 2.17. The number of fused-ring (bicyclic) bond motifs is 1. The first-order valence-corrected chi connectivity index (χ1v) is 9.40. The molecule has 2 heterocycles. The number of carbonyl (C=O) groups is 1. The molecular weight excluding hydrogens is 425 g/mol. The lowest BCUT2D eigenvalue weighted by Gasteiger charge is -2.02. The molecule has 10 heteroatoms. The normalized spacial score (nSPS) is 10.9. The van der Waals surface area contributed by atoms with E-state index in [1.165, 1.54) is 24.3 Å². The van der Waals surface area contributed by atoms with Gasteiger partial charge in [0.05, 0.1) is 25.2 Å². The van der Waals surface area contributed by atoms with E-state index in [9.17, 15) is 14.9 Å². The van der Waals surface area contributed by atoms with Crippen molar-refractivity contribution in [1.82, 2.24) is 4.98 Å². The van der Waals surface area contributed by atoms with Crippen LogP contribution >= 0.6 is 34.5 Å². The number of rotatable bonds is 4. The number of benzene rings is 2. The summed E-state index contributed by atoms with van der Waals surface area (Å²) in [5.74, 6) is -0.0354. The monoisotopic (exact) mass is 433 g/mol. The Hall–Kier alpha value is -2.94. The number of carbonyl (C=O) groups excluding carboxylic acids is 1. The fourth-order valence-electron chi connectivity index (χ4n) is 2.54. The standard InChI is InChI=1S/C18H9Cl2N3O4S/c19-11-3-1-2-10(16(11)20)13-6-7-14(27-13)17(24)22-18-21-12-5-4-9(23(25)26)8-15(12)28-18/h1-8H,(H,21,22,24). The zero-order valence-electron chi connectivity index (χ0n) is 13.8. The molecule has 0 aliphatic heterocycles. The van der Waals surface area contributed by atoms with Gasteiger partial charge < -0.3 is 4.42 Å². The van der Waals surface area contributed by atoms with E-state index in [1.807, 2.05) is 0 Å². The van der Waals surface area contributed by atoms with Crippen molar-refractivity contribution < 1.29 is 14.1 Å². The summed E-state index contributed by atoms with van der Waals surface area (Å²) in [7, 11) is 0. The molecular formula is C18H9Cl2N3O4S. The molecule has 0 spiro atoms. The highest BCUT2D eigenvalue weighted by atomic mass is 35.5. The average molecular weight is 434 g/mol. The third kappa shape index (κ3) is 3.45. The molecule has 7 nitrogen and oxygen atoms in total. The molecule has 28 heavy (non-hydrogen) atoms. The van der Waals surface area contributed by atoms with Crippen LogP contribution in [0.4, 0.5) is 10.8 Å². The van der Waals surface area contributed by atoms with Crippen LogP contribution in [0.15, 0.2) is 52.9 Å². The lowest BCUT2D eigenvalue weighted by molar-refractivity contribution is -0.384. The summed E-state index contributed by atoms with van der Waals surface area (Å²) in [5, 5.41) is 14.5. The molecule has 0 atom stereocenters. The van der Waals surface area contributed by atoms with Crippen LogP contribution in [0.5, 0.6) is 0 Å². The maximum atomic E-state index is 12.5. The Kier molecular flexibility index (Phi) is 4.76. The third-order valence-electron chi connectivity index (χ3n) is 3.85. The third-order valence-corrected chi connectivity index (χ3v) is 5.60. The van der Waals surface area contributed by atoms with E-state index in [-0.39, 0.29) is 11.4 Å². The summed E-state index contributed by atoms with van der Waals surface area (Å²) in [6.07, 6.45) is 0. The van der Waals surface area contributed by atoms with Crippen LogP contribution in [-0.4, -0.2) is 15.8 Å². The molecule has 0 aliphatic carbocycles. The van der Waals surface area contributed by atoms with Gasteiger partial charge in [-0.3, -0.25) is 20.2 Å². The molecule has 0 saturated heterocycles. The average Bonchev–Trinajstić information content (AvgIpc) is 3.29. The Labute approximate surface area is 171 Å². The maximum Gasteiger partial charge on any atom is 0.293 e. The number of non-ortho nitro benzene ring substituents is 1. The van der Waals surface area contributed by atoms with Crippen molar-refractivity contribution in [3.63, 3.8) is 0 Å². The first kappa shape index (κ1) is 18.4. The van der Waals surface area contributed by atoms with Crippen molar-refractivity contribution in [2.75, 3.05) is 5.32 Å². The molecule has 0 aliphatic rings. The number of aromatic nitrogens is 1. The first-order valence-electron chi connectivity index (χ1n) is 7.83. The molecule has 4 aromatic rings. The van der Waals surface area contributed by atoms with Crippen LogP contribution in [0.25, 0.3) is 21.5 Å². The second kappa shape index (κ2) is 7.23. The van der Waals surface area contributed by atoms with Crippen LogP contribution < -0.4 is 5.32 Å². The van der Waals surface area contributed by atoms with E-state index in [2.05, 4.69) is 10.3 Å². The molecule has 140 valence electrons. The first-order chi connectivity index (χ1) is 13.4. The molecule has 0 unspecified atom stereocenters. The van der Waals surface area contributed by atoms with Gasteiger partial charge in [0, 0.05) is 17.7 Å². The largest absolute Gasteiger partial charge is 0.451 e. The molecule has 2 aromatic carbocycles. The number of nitro benzene ring substituents is 1. The number of amides is 1. The summed E-state index contributed by atoms with van der Waals surface area (Å²) < 4.78 is 6.19. The summed E-state index contributed by atoms with van der Waals surface area (Å²) >= 11 is 13.3. The number of thiazole rings is 1. The lowest BCUT2D eigenvalue weighted by atomic mass is 10.2. The highest BCUT2D eigenvalue weighted by molar-refractivity contribution is 7.22. The maximum absolute atomic E-state index is 12.5. The SMILES string of the molecule is O=C(Nc1nc2ccc([N+](=O)[O-])cc2s1)c1ccc(-c2cccc(Cl)c2Cl)o1.